The molecule has 2 amide bonds. The van der Waals surface area contributed by atoms with Crippen molar-refractivity contribution in [1.29, 1.82) is 0 Å². The molecule has 0 aromatic heterocycles. The molecule has 1 rings (SSSR count). The van der Waals surface area contributed by atoms with Gasteiger partial charge >= 0.3 is 12.0 Å². The molecular formula is C11H12BrClN2O4. The van der Waals surface area contributed by atoms with E-state index in [0.717, 1.165) is 6.92 Å². The highest BCUT2D eigenvalue weighted by Crippen LogP contribution is 2.22. The second-order valence-corrected chi connectivity index (χ2v) is 5.40. The Labute approximate surface area is 122 Å². The standard InChI is InChI=1S/C11H12BrClN2O4/c1-11(19,9(16)17)5-14-10(18)15-8-3-6(12)2-7(13)4-8/h2-4,19H,5H2,1H3,(H,16,17)(H2,14,15,18). The van der Waals surface area contributed by atoms with Gasteiger partial charge in [0.25, 0.3) is 0 Å². The van der Waals surface area contributed by atoms with Crippen LogP contribution in [0.25, 0.3) is 0 Å². The first kappa shape index (κ1) is 15.7. The fourth-order valence-electron chi connectivity index (χ4n) is 1.13. The zero-order chi connectivity index (χ0) is 14.6. The summed E-state index contributed by atoms with van der Waals surface area (Å²) in [6, 6.07) is 4.16. The van der Waals surface area contributed by atoms with Crippen LogP contribution in [0.15, 0.2) is 22.7 Å². The molecule has 1 atom stereocenters. The summed E-state index contributed by atoms with van der Waals surface area (Å²) >= 11 is 9.02. The molecule has 0 aliphatic heterocycles. The van der Waals surface area contributed by atoms with E-state index in [1.807, 2.05) is 0 Å². The maximum Gasteiger partial charge on any atom is 0.337 e. The molecule has 8 heteroatoms. The first-order valence-corrected chi connectivity index (χ1v) is 6.34. The van der Waals surface area contributed by atoms with Crippen LogP contribution in [0.5, 0.6) is 0 Å². The zero-order valence-electron chi connectivity index (χ0n) is 9.91. The lowest BCUT2D eigenvalue weighted by Crippen LogP contribution is -2.47. The Balaban J connectivity index is 2.59. The van der Waals surface area contributed by atoms with E-state index in [9.17, 15) is 14.7 Å². The summed E-state index contributed by atoms with van der Waals surface area (Å²) in [6.45, 7) is 0.668. The molecule has 19 heavy (non-hydrogen) atoms. The number of amides is 2. The Morgan fingerprint density at radius 3 is 2.58 bits per heavy atom. The van der Waals surface area contributed by atoms with Crippen molar-refractivity contribution in [3.63, 3.8) is 0 Å². The van der Waals surface area contributed by atoms with E-state index in [0.29, 0.717) is 15.2 Å². The van der Waals surface area contributed by atoms with Crippen LogP contribution in [-0.2, 0) is 4.79 Å². The number of nitrogens with one attached hydrogen (secondary N) is 2. The number of carbonyl (C=O) groups is 2. The largest absolute Gasteiger partial charge is 0.479 e. The first-order chi connectivity index (χ1) is 8.70. The van der Waals surface area contributed by atoms with Gasteiger partial charge in [-0.2, -0.15) is 0 Å². The SMILES string of the molecule is CC(O)(CNC(=O)Nc1cc(Cl)cc(Br)c1)C(=O)O. The van der Waals surface area contributed by atoms with Gasteiger partial charge in [-0.3, -0.25) is 0 Å². The van der Waals surface area contributed by atoms with Crippen molar-refractivity contribution in [2.45, 2.75) is 12.5 Å². The monoisotopic (exact) mass is 350 g/mol. The Morgan fingerprint density at radius 2 is 2.05 bits per heavy atom. The van der Waals surface area contributed by atoms with E-state index in [2.05, 4.69) is 26.6 Å². The molecule has 0 saturated heterocycles. The third kappa shape index (κ3) is 5.06. The Hall–Kier alpha value is -1.31. The smallest absolute Gasteiger partial charge is 0.337 e. The molecule has 6 nitrogen and oxygen atoms in total. The molecule has 1 aromatic rings. The molecule has 0 heterocycles. The Morgan fingerprint density at radius 1 is 1.42 bits per heavy atom. The molecule has 0 aliphatic rings. The van der Waals surface area contributed by atoms with Gasteiger partial charge in [0.05, 0.1) is 6.54 Å². The summed E-state index contributed by atoms with van der Waals surface area (Å²) in [5.74, 6) is -1.42. The summed E-state index contributed by atoms with van der Waals surface area (Å²) in [5, 5.41) is 23.2. The van der Waals surface area contributed by atoms with Crippen molar-refractivity contribution >= 4 is 45.2 Å². The number of aliphatic hydroxyl groups is 1. The van der Waals surface area contributed by atoms with Crippen molar-refractivity contribution < 1.29 is 19.8 Å². The first-order valence-electron chi connectivity index (χ1n) is 5.17. The average Bonchev–Trinajstić information content (AvgIpc) is 2.24. The highest BCUT2D eigenvalue weighted by molar-refractivity contribution is 9.10. The average molecular weight is 352 g/mol. The minimum atomic E-state index is -2.02. The van der Waals surface area contributed by atoms with Crippen LogP contribution in [0.3, 0.4) is 0 Å². The number of hydrogen-bond donors (Lipinski definition) is 4. The number of hydrogen-bond acceptors (Lipinski definition) is 3. The van der Waals surface area contributed by atoms with E-state index in [1.165, 1.54) is 6.07 Å². The second kappa shape index (κ2) is 6.23. The van der Waals surface area contributed by atoms with E-state index < -0.39 is 24.1 Å². The van der Waals surface area contributed by atoms with Crippen molar-refractivity contribution in [1.82, 2.24) is 5.32 Å². The Bertz CT molecular complexity index is 487. The molecule has 0 radical (unpaired) electrons. The number of aliphatic carboxylic acids is 1. The summed E-state index contributed by atoms with van der Waals surface area (Å²) in [6.07, 6.45) is 0. The summed E-state index contributed by atoms with van der Waals surface area (Å²) in [7, 11) is 0. The van der Waals surface area contributed by atoms with Gasteiger partial charge in [-0.25, -0.2) is 9.59 Å². The Kier molecular flexibility index (Phi) is 5.16. The molecular weight excluding hydrogens is 339 g/mol. The summed E-state index contributed by atoms with van der Waals surface area (Å²) < 4.78 is 0.688. The number of anilines is 1. The number of carbonyl (C=O) groups excluding carboxylic acids is 1. The second-order valence-electron chi connectivity index (χ2n) is 4.04. The molecule has 104 valence electrons. The number of urea groups is 1. The predicted octanol–water partition coefficient (Wildman–Crippen LogP) is 2.06. The van der Waals surface area contributed by atoms with Gasteiger partial charge in [0, 0.05) is 15.2 Å². The summed E-state index contributed by atoms with van der Waals surface area (Å²) in [4.78, 5) is 22.2. The number of halogens is 2. The van der Waals surface area contributed by atoms with Crippen LogP contribution in [0.1, 0.15) is 6.92 Å². The molecule has 4 N–H and O–H groups in total. The predicted molar refractivity (Wildman–Crippen MR) is 74.4 cm³/mol. The van der Waals surface area contributed by atoms with Gasteiger partial charge in [-0.1, -0.05) is 27.5 Å². The van der Waals surface area contributed by atoms with Crippen molar-refractivity contribution in [2.75, 3.05) is 11.9 Å². The minimum absolute atomic E-state index is 0.421. The highest BCUT2D eigenvalue weighted by Gasteiger charge is 2.30. The van der Waals surface area contributed by atoms with E-state index in [1.54, 1.807) is 12.1 Å². The van der Waals surface area contributed by atoms with E-state index >= 15 is 0 Å². The van der Waals surface area contributed by atoms with Crippen LogP contribution in [0.4, 0.5) is 10.5 Å². The normalized spacial score (nSPS) is 13.5. The van der Waals surface area contributed by atoms with Crippen LogP contribution >= 0.6 is 27.5 Å². The topological polar surface area (TPSA) is 98.7 Å². The minimum Gasteiger partial charge on any atom is -0.479 e. The van der Waals surface area contributed by atoms with Crippen molar-refractivity contribution in [3.05, 3.63) is 27.7 Å². The zero-order valence-corrected chi connectivity index (χ0v) is 12.2. The maximum absolute atomic E-state index is 11.5. The van der Waals surface area contributed by atoms with Crippen molar-refractivity contribution in [3.8, 4) is 0 Å². The number of rotatable bonds is 4. The van der Waals surface area contributed by atoms with Crippen LogP contribution in [-0.4, -0.2) is 34.4 Å². The van der Waals surface area contributed by atoms with E-state index in [4.69, 9.17) is 16.7 Å². The third-order valence-corrected chi connectivity index (χ3v) is 2.85. The molecule has 0 saturated carbocycles. The van der Waals surface area contributed by atoms with Gasteiger partial charge in [-0.15, -0.1) is 0 Å². The van der Waals surface area contributed by atoms with Gasteiger partial charge in [0.15, 0.2) is 5.60 Å². The van der Waals surface area contributed by atoms with Gasteiger partial charge in [0.1, 0.15) is 0 Å². The highest BCUT2D eigenvalue weighted by atomic mass is 79.9. The molecule has 0 spiro atoms. The maximum atomic E-state index is 11.5. The number of carboxylic acid groups (broad SMARTS) is 1. The lowest BCUT2D eigenvalue weighted by molar-refractivity contribution is -0.155. The summed E-state index contributed by atoms with van der Waals surface area (Å²) in [5.41, 5.74) is -1.58. The lowest BCUT2D eigenvalue weighted by atomic mass is 10.1. The van der Waals surface area contributed by atoms with Crippen molar-refractivity contribution in [2.24, 2.45) is 0 Å². The molecule has 1 unspecified atom stereocenters. The lowest BCUT2D eigenvalue weighted by Gasteiger charge is -2.18. The van der Waals surface area contributed by atoms with Gasteiger partial charge in [0.2, 0.25) is 0 Å². The third-order valence-electron chi connectivity index (χ3n) is 2.17. The number of benzene rings is 1. The van der Waals surface area contributed by atoms with Gasteiger partial charge in [-0.05, 0) is 25.1 Å². The fraction of sp³-hybridized carbons (Fsp3) is 0.273. The molecule has 0 fully saturated rings. The van der Waals surface area contributed by atoms with Crippen LogP contribution in [0, 0.1) is 0 Å². The quantitative estimate of drug-likeness (QED) is 0.667. The fourth-order valence-corrected chi connectivity index (χ4v) is 1.99. The number of carboxylic acids is 1. The van der Waals surface area contributed by atoms with Crippen LogP contribution < -0.4 is 10.6 Å². The molecule has 1 aromatic carbocycles. The molecule has 0 bridgehead atoms. The van der Waals surface area contributed by atoms with Crippen LogP contribution in [0.2, 0.25) is 5.02 Å². The van der Waals surface area contributed by atoms with Gasteiger partial charge < -0.3 is 20.8 Å². The molecule has 0 aliphatic carbocycles. The van der Waals surface area contributed by atoms with E-state index in [-0.39, 0.29) is 0 Å².